The largest absolute Gasteiger partial charge is 0.374 e. The van der Waals surface area contributed by atoms with E-state index in [1.54, 1.807) is 12.1 Å². The Bertz CT molecular complexity index is 763. The van der Waals surface area contributed by atoms with Gasteiger partial charge >= 0.3 is 0 Å². The molecule has 0 N–H and O–H groups in total. The fourth-order valence-corrected chi connectivity index (χ4v) is 3.26. The molecule has 0 bridgehead atoms. The molecule has 0 unspecified atom stereocenters. The van der Waals surface area contributed by atoms with Crippen molar-refractivity contribution in [3.63, 3.8) is 0 Å². The molecule has 0 atom stereocenters. The summed E-state index contributed by atoms with van der Waals surface area (Å²) in [5.74, 6) is 0.688. The molecule has 126 valence electrons. The molecule has 1 saturated heterocycles. The SMILES string of the molecule is CSc1nnc(-c2ccc([N+](=O)[O-])cc2)n1C=C(C)N1CCCC1. The Morgan fingerprint density at radius 1 is 1.25 bits per heavy atom. The minimum absolute atomic E-state index is 0.0682. The number of thioether (sulfide) groups is 1. The highest BCUT2D eigenvalue weighted by Crippen LogP contribution is 2.26. The molecule has 1 aliphatic heterocycles. The first-order valence-corrected chi connectivity index (χ1v) is 8.99. The van der Waals surface area contributed by atoms with Crippen molar-refractivity contribution in [2.24, 2.45) is 0 Å². The average molecular weight is 345 g/mol. The Labute approximate surface area is 144 Å². The molecule has 0 saturated carbocycles. The van der Waals surface area contributed by atoms with Gasteiger partial charge < -0.3 is 4.90 Å². The van der Waals surface area contributed by atoms with E-state index in [1.807, 2.05) is 17.0 Å². The van der Waals surface area contributed by atoms with Crippen molar-refractivity contribution >= 4 is 23.6 Å². The van der Waals surface area contributed by atoms with Crippen LogP contribution in [0.1, 0.15) is 19.8 Å². The Morgan fingerprint density at radius 2 is 1.92 bits per heavy atom. The Balaban J connectivity index is 1.98. The van der Waals surface area contributed by atoms with Crippen LogP contribution in [0.25, 0.3) is 17.6 Å². The molecular formula is C16H19N5O2S. The van der Waals surface area contributed by atoms with E-state index in [9.17, 15) is 10.1 Å². The van der Waals surface area contributed by atoms with E-state index in [1.165, 1.54) is 42.4 Å². The standard InChI is InChI=1S/C16H19N5O2S/c1-12(19-9-3-4-10-19)11-20-15(17-18-16(20)24-2)13-5-7-14(8-6-13)21(22)23/h5-8,11H,3-4,9-10H2,1-2H3. The number of rotatable bonds is 5. The lowest BCUT2D eigenvalue weighted by Crippen LogP contribution is -2.17. The zero-order valence-electron chi connectivity index (χ0n) is 13.7. The van der Waals surface area contributed by atoms with Crippen LogP contribution >= 0.6 is 11.8 Å². The van der Waals surface area contributed by atoms with Gasteiger partial charge in [0.15, 0.2) is 11.0 Å². The van der Waals surface area contributed by atoms with Gasteiger partial charge in [0.2, 0.25) is 0 Å². The highest BCUT2D eigenvalue weighted by atomic mass is 32.2. The average Bonchev–Trinajstić information content (AvgIpc) is 3.24. The zero-order valence-corrected chi connectivity index (χ0v) is 14.5. The van der Waals surface area contributed by atoms with Crippen LogP contribution in [-0.2, 0) is 0 Å². The summed E-state index contributed by atoms with van der Waals surface area (Å²) in [4.78, 5) is 12.8. The van der Waals surface area contributed by atoms with Crippen LogP contribution in [0.15, 0.2) is 35.1 Å². The summed E-state index contributed by atoms with van der Waals surface area (Å²) >= 11 is 1.52. The van der Waals surface area contributed by atoms with Crippen molar-refractivity contribution in [1.29, 1.82) is 0 Å². The summed E-state index contributed by atoms with van der Waals surface area (Å²) in [5.41, 5.74) is 2.04. The van der Waals surface area contributed by atoms with E-state index in [0.29, 0.717) is 5.82 Å². The van der Waals surface area contributed by atoms with Gasteiger partial charge in [-0.3, -0.25) is 14.7 Å². The number of aromatic nitrogens is 3. The molecule has 1 aliphatic rings. The first-order valence-electron chi connectivity index (χ1n) is 7.77. The molecular weight excluding hydrogens is 326 g/mol. The second-order valence-electron chi connectivity index (χ2n) is 5.65. The van der Waals surface area contributed by atoms with Crippen LogP contribution in [-0.4, -0.2) is 43.9 Å². The van der Waals surface area contributed by atoms with E-state index >= 15 is 0 Å². The molecule has 0 amide bonds. The first-order chi connectivity index (χ1) is 11.6. The Kier molecular flexibility index (Phi) is 4.84. The minimum atomic E-state index is -0.404. The molecule has 0 aliphatic carbocycles. The van der Waals surface area contributed by atoms with Crippen molar-refractivity contribution in [1.82, 2.24) is 19.7 Å². The smallest absolute Gasteiger partial charge is 0.269 e. The summed E-state index contributed by atoms with van der Waals surface area (Å²) < 4.78 is 1.96. The quantitative estimate of drug-likeness (QED) is 0.469. The Morgan fingerprint density at radius 3 is 2.50 bits per heavy atom. The van der Waals surface area contributed by atoms with Crippen molar-refractivity contribution in [2.75, 3.05) is 19.3 Å². The number of hydrogen-bond donors (Lipinski definition) is 0. The number of allylic oxidation sites excluding steroid dienone is 1. The highest BCUT2D eigenvalue weighted by molar-refractivity contribution is 7.98. The normalized spacial score (nSPS) is 15.1. The molecule has 7 nitrogen and oxygen atoms in total. The predicted octanol–water partition coefficient (Wildman–Crippen LogP) is 3.49. The van der Waals surface area contributed by atoms with Gasteiger partial charge in [0.1, 0.15) is 0 Å². The third kappa shape index (κ3) is 3.28. The van der Waals surface area contributed by atoms with Crippen molar-refractivity contribution in [3.8, 4) is 11.4 Å². The van der Waals surface area contributed by atoms with Gasteiger partial charge in [-0.1, -0.05) is 11.8 Å². The maximum Gasteiger partial charge on any atom is 0.269 e. The van der Waals surface area contributed by atoms with E-state index in [2.05, 4.69) is 22.0 Å². The van der Waals surface area contributed by atoms with Crippen LogP contribution in [0.4, 0.5) is 5.69 Å². The van der Waals surface area contributed by atoms with E-state index in [0.717, 1.165) is 23.8 Å². The van der Waals surface area contributed by atoms with Crippen molar-refractivity contribution < 1.29 is 4.92 Å². The van der Waals surface area contributed by atoms with Gasteiger partial charge in [-0.25, -0.2) is 0 Å². The summed E-state index contributed by atoms with van der Waals surface area (Å²) in [5, 5.41) is 20.1. The number of nitro benzene ring substituents is 1. The molecule has 0 radical (unpaired) electrons. The van der Waals surface area contributed by atoms with Crippen LogP contribution < -0.4 is 0 Å². The number of nitro groups is 1. The van der Waals surface area contributed by atoms with Gasteiger partial charge in [0.25, 0.3) is 5.69 Å². The fraction of sp³-hybridized carbons (Fsp3) is 0.375. The fourth-order valence-electron chi connectivity index (χ4n) is 2.80. The Hall–Kier alpha value is -2.35. The molecule has 2 aromatic rings. The lowest BCUT2D eigenvalue weighted by molar-refractivity contribution is -0.384. The second kappa shape index (κ2) is 7.04. The summed E-state index contributed by atoms with van der Waals surface area (Å²) in [6, 6.07) is 6.40. The topological polar surface area (TPSA) is 77.1 Å². The molecule has 2 heterocycles. The molecule has 1 aromatic carbocycles. The van der Waals surface area contributed by atoms with Gasteiger partial charge in [-0.15, -0.1) is 10.2 Å². The summed E-state index contributed by atoms with van der Waals surface area (Å²) in [7, 11) is 0. The number of benzene rings is 1. The number of hydrogen-bond acceptors (Lipinski definition) is 6. The summed E-state index contributed by atoms with van der Waals surface area (Å²) in [6.07, 6.45) is 6.45. The van der Waals surface area contributed by atoms with Crippen molar-refractivity contribution in [2.45, 2.75) is 24.9 Å². The number of likely N-dealkylation sites (tertiary alicyclic amines) is 1. The van der Waals surface area contributed by atoms with E-state index in [-0.39, 0.29) is 5.69 Å². The van der Waals surface area contributed by atoms with Crippen LogP contribution in [0, 0.1) is 10.1 Å². The summed E-state index contributed by atoms with van der Waals surface area (Å²) in [6.45, 7) is 4.24. The zero-order chi connectivity index (χ0) is 17.1. The van der Waals surface area contributed by atoms with Gasteiger partial charge in [-0.05, 0) is 38.2 Å². The maximum absolute atomic E-state index is 10.8. The molecule has 3 rings (SSSR count). The lowest BCUT2D eigenvalue weighted by atomic mass is 10.2. The monoisotopic (exact) mass is 345 g/mol. The van der Waals surface area contributed by atoms with Crippen LogP contribution in [0.3, 0.4) is 0 Å². The number of non-ortho nitro benzene ring substituents is 1. The van der Waals surface area contributed by atoms with Crippen LogP contribution in [0.2, 0.25) is 0 Å². The molecule has 1 aromatic heterocycles. The van der Waals surface area contributed by atoms with Gasteiger partial charge in [-0.2, -0.15) is 0 Å². The third-order valence-electron chi connectivity index (χ3n) is 4.10. The third-order valence-corrected chi connectivity index (χ3v) is 4.75. The first kappa shape index (κ1) is 16.5. The maximum atomic E-state index is 10.8. The van der Waals surface area contributed by atoms with E-state index < -0.39 is 4.92 Å². The predicted molar refractivity (Wildman–Crippen MR) is 94.6 cm³/mol. The molecule has 0 spiro atoms. The highest BCUT2D eigenvalue weighted by Gasteiger charge is 2.16. The van der Waals surface area contributed by atoms with Crippen molar-refractivity contribution in [3.05, 3.63) is 40.1 Å². The van der Waals surface area contributed by atoms with Crippen LogP contribution in [0.5, 0.6) is 0 Å². The molecule has 24 heavy (non-hydrogen) atoms. The lowest BCUT2D eigenvalue weighted by Gasteiger charge is -2.18. The minimum Gasteiger partial charge on any atom is -0.374 e. The van der Waals surface area contributed by atoms with E-state index in [4.69, 9.17) is 0 Å². The molecule has 1 fully saturated rings. The second-order valence-corrected chi connectivity index (χ2v) is 6.42. The van der Waals surface area contributed by atoms with Gasteiger partial charge in [0, 0.05) is 42.7 Å². The molecule has 8 heteroatoms. The number of nitrogens with zero attached hydrogens (tertiary/aromatic N) is 5. The van der Waals surface area contributed by atoms with Gasteiger partial charge in [0.05, 0.1) is 4.92 Å².